The average molecular weight is 397 g/mol. The normalized spacial score (nSPS) is 10.9. The summed E-state index contributed by atoms with van der Waals surface area (Å²) in [5, 5.41) is 10.6. The number of aromatic nitrogens is 2. The van der Waals surface area contributed by atoms with E-state index in [-0.39, 0.29) is 5.69 Å². The summed E-state index contributed by atoms with van der Waals surface area (Å²) in [4.78, 5) is 17.9. The van der Waals surface area contributed by atoms with E-state index in [9.17, 15) is 10.1 Å². The molecule has 0 fully saturated rings. The predicted molar refractivity (Wildman–Crippen MR) is 83.6 cm³/mol. The summed E-state index contributed by atoms with van der Waals surface area (Å²) in [6.07, 6.45) is 0. The van der Waals surface area contributed by atoms with Crippen LogP contribution in [0.2, 0.25) is 0 Å². The quantitative estimate of drug-likeness (QED) is 0.505. The Morgan fingerprint density at radius 2 is 1.75 bits per heavy atom. The van der Waals surface area contributed by atoms with E-state index in [4.69, 9.17) is 0 Å². The number of imidazole rings is 1. The monoisotopic (exact) mass is 395 g/mol. The van der Waals surface area contributed by atoms with E-state index in [2.05, 4.69) is 41.8 Å². The summed E-state index contributed by atoms with van der Waals surface area (Å²) < 4.78 is 1.86. The standard InChI is InChI=1S/C13H7Br2N3O2/c14-9-5-11-12(6-10(9)15)17-13(16-11)7-1-3-8(4-2-7)18(19)20/h1-6H,(H,16,17). The number of rotatable bonds is 2. The molecule has 0 saturated carbocycles. The molecule has 3 rings (SSSR count). The molecule has 1 heterocycles. The molecule has 0 unspecified atom stereocenters. The van der Waals surface area contributed by atoms with Gasteiger partial charge in [-0.1, -0.05) is 0 Å². The molecule has 2 aromatic carbocycles. The minimum absolute atomic E-state index is 0.0651. The Bertz CT molecular complexity index is 773. The molecule has 1 N–H and O–H groups in total. The van der Waals surface area contributed by atoms with Gasteiger partial charge in [0, 0.05) is 26.6 Å². The van der Waals surface area contributed by atoms with Gasteiger partial charge in [-0.05, 0) is 56.1 Å². The Morgan fingerprint density at radius 3 is 2.40 bits per heavy atom. The van der Waals surface area contributed by atoms with Gasteiger partial charge in [0.1, 0.15) is 5.82 Å². The van der Waals surface area contributed by atoms with Gasteiger partial charge in [0.2, 0.25) is 0 Å². The number of aromatic amines is 1. The van der Waals surface area contributed by atoms with Crippen molar-refractivity contribution in [1.29, 1.82) is 0 Å². The smallest absolute Gasteiger partial charge is 0.269 e. The van der Waals surface area contributed by atoms with Crippen LogP contribution in [0, 0.1) is 10.1 Å². The van der Waals surface area contributed by atoms with Crippen molar-refractivity contribution >= 4 is 48.6 Å². The lowest BCUT2D eigenvalue weighted by Crippen LogP contribution is -1.87. The number of nitro groups is 1. The SMILES string of the molecule is O=[N+]([O-])c1ccc(-c2nc3cc(Br)c(Br)cc3[nH]2)cc1. The number of nitrogens with zero attached hydrogens (tertiary/aromatic N) is 2. The summed E-state index contributed by atoms with van der Waals surface area (Å²) in [6, 6.07) is 10.1. The molecule has 7 heteroatoms. The van der Waals surface area contributed by atoms with Gasteiger partial charge in [0.15, 0.2) is 0 Å². The van der Waals surface area contributed by atoms with E-state index in [1.165, 1.54) is 12.1 Å². The van der Waals surface area contributed by atoms with Crippen molar-refractivity contribution in [2.75, 3.05) is 0 Å². The lowest BCUT2D eigenvalue weighted by atomic mass is 10.2. The van der Waals surface area contributed by atoms with Gasteiger partial charge in [-0.3, -0.25) is 10.1 Å². The number of fused-ring (bicyclic) bond motifs is 1. The Kier molecular flexibility index (Phi) is 3.31. The number of halogens is 2. The first kappa shape index (κ1) is 13.3. The molecule has 20 heavy (non-hydrogen) atoms. The van der Waals surface area contributed by atoms with Crippen molar-refractivity contribution in [3.8, 4) is 11.4 Å². The number of H-pyrrole nitrogens is 1. The van der Waals surface area contributed by atoms with Gasteiger partial charge in [-0.2, -0.15) is 0 Å². The molecular weight excluding hydrogens is 390 g/mol. The van der Waals surface area contributed by atoms with Crippen LogP contribution in [0.15, 0.2) is 45.3 Å². The Morgan fingerprint density at radius 1 is 1.10 bits per heavy atom. The highest BCUT2D eigenvalue weighted by Gasteiger charge is 2.10. The third-order valence-corrected chi connectivity index (χ3v) is 4.72. The molecule has 0 radical (unpaired) electrons. The zero-order chi connectivity index (χ0) is 14.3. The molecule has 100 valence electrons. The van der Waals surface area contributed by atoms with E-state index in [1.54, 1.807) is 12.1 Å². The van der Waals surface area contributed by atoms with Gasteiger partial charge < -0.3 is 4.98 Å². The molecule has 0 spiro atoms. The van der Waals surface area contributed by atoms with E-state index < -0.39 is 4.92 Å². The van der Waals surface area contributed by atoms with Crippen LogP contribution < -0.4 is 0 Å². The second-order valence-electron chi connectivity index (χ2n) is 4.17. The lowest BCUT2D eigenvalue weighted by molar-refractivity contribution is -0.384. The highest BCUT2D eigenvalue weighted by Crippen LogP contribution is 2.29. The van der Waals surface area contributed by atoms with Crippen molar-refractivity contribution in [1.82, 2.24) is 9.97 Å². The minimum atomic E-state index is -0.420. The molecule has 0 atom stereocenters. The number of nitrogens with one attached hydrogen (secondary N) is 1. The third kappa shape index (κ3) is 2.34. The molecule has 0 saturated heterocycles. The van der Waals surface area contributed by atoms with Gasteiger partial charge in [-0.25, -0.2) is 4.98 Å². The molecule has 0 aliphatic carbocycles. The zero-order valence-corrected chi connectivity index (χ0v) is 13.1. The van der Waals surface area contributed by atoms with Gasteiger partial charge >= 0.3 is 0 Å². The molecule has 0 bridgehead atoms. The Labute approximate surface area is 130 Å². The van der Waals surface area contributed by atoms with Crippen LogP contribution in [0.5, 0.6) is 0 Å². The third-order valence-electron chi connectivity index (χ3n) is 2.88. The maximum Gasteiger partial charge on any atom is 0.269 e. The highest BCUT2D eigenvalue weighted by atomic mass is 79.9. The fourth-order valence-corrected chi connectivity index (χ4v) is 2.56. The van der Waals surface area contributed by atoms with Crippen molar-refractivity contribution in [2.24, 2.45) is 0 Å². The summed E-state index contributed by atoms with van der Waals surface area (Å²) in [5.41, 5.74) is 2.59. The van der Waals surface area contributed by atoms with Crippen molar-refractivity contribution < 1.29 is 4.92 Å². The second kappa shape index (κ2) is 4.99. The maximum atomic E-state index is 10.6. The Hall–Kier alpha value is -1.73. The summed E-state index contributed by atoms with van der Waals surface area (Å²) >= 11 is 6.87. The van der Waals surface area contributed by atoms with Crippen LogP contribution in [-0.2, 0) is 0 Å². The average Bonchev–Trinajstić information content (AvgIpc) is 2.82. The van der Waals surface area contributed by atoms with Gasteiger partial charge in [0.05, 0.1) is 16.0 Å². The number of hydrogen-bond acceptors (Lipinski definition) is 3. The Balaban J connectivity index is 2.07. The predicted octanol–water partition coefficient (Wildman–Crippen LogP) is 4.66. The van der Waals surface area contributed by atoms with Crippen LogP contribution in [0.4, 0.5) is 5.69 Å². The fraction of sp³-hybridized carbons (Fsp3) is 0. The first-order chi connectivity index (χ1) is 9.54. The van der Waals surface area contributed by atoms with Gasteiger partial charge in [0.25, 0.3) is 5.69 Å². The van der Waals surface area contributed by atoms with Crippen LogP contribution in [-0.4, -0.2) is 14.9 Å². The molecule has 1 aromatic heterocycles. The first-order valence-corrected chi connectivity index (χ1v) is 7.23. The molecule has 0 amide bonds. The van der Waals surface area contributed by atoms with Crippen molar-refractivity contribution in [3.05, 3.63) is 55.5 Å². The largest absolute Gasteiger partial charge is 0.338 e. The number of benzene rings is 2. The lowest BCUT2D eigenvalue weighted by Gasteiger charge is -1.95. The van der Waals surface area contributed by atoms with E-state index in [0.29, 0.717) is 5.82 Å². The topological polar surface area (TPSA) is 71.8 Å². The van der Waals surface area contributed by atoms with E-state index in [1.807, 2.05) is 12.1 Å². The van der Waals surface area contributed by atoms with E-state index in [0.717, 1.165) is 25.5 Å². The van der Waals surface area contributed by atoms with Crippen molar-refractivity contribution in [3.63, 3.8) is 0 Å². The number of non-ortho nitro benzene ring substituents is 1. The van der Waals surface area contributed by atoms with Crippen LogP contribution in [0.1, 0.15) is 0 Å². The molecule has 0 aliphatic rings. The highest BCUT2D eigenvalue weighted by molar-refractivity contribution is 9.13. The van der Waals surface area contributed by atoms with Gasteiger partial charge in [-0.15, -0.1) is 0 Å². The molecule has 0 aliphatic heterocycles. The first-order valence-electron chi connectivity index (χ1n) is 5.64. The number of hydrogen-bond donors (Lipinski definition) is 1. The fourth-order valence-electron chi connectivity index (χ4n) is 1.88. The van der Waals surface area contributed by atoms with E-state index >= 15 is 0 Å². The summed E-state index contributed by atoms with van der Waals surface area (Å²) in [6.45, 7) is 0. The van der Waals surface area contributed by atoms with Crippen LogP contribution in [0.3, 0.4) is 0 Å². The molecule has 5 nitrogen and oxygen atoms in total. The summed E-state index contributed by atoms with van der Waals surface area (Å²) in [5.74, 6) is 0.680. The van der Waals surface area contributed by atoms with Crippen LogP contribution >= 0.6 is 31.9 Å². The molecular formula is C13H7Br2N3O2. The summed E-state index contributed by atoms with van der Waals surface area (Å²) in [7, 11) is 0. The minimum Gasteiger partial charge on any atom is -0.338 e. The second-order valence-corrected chi connectivity index (χ2v) is 5.88. The maximum absolute atomic E-state index is 10.6. The molecule has 3 aromatic rings. The number of nitro benzene ring substituents is 1. The zero-order valence-electron chi connectivity index (χ0n) is 9.93. The van der Waals surface area contributed by atoms with Crippen LogP contribution in [0.25, 0.3) is 22.4 Å². The van der Waals surface area contributed by atoms with Crippen molar-refractivity contribution in [2.45, 2.75) is 0 Å².